The average Bonchev–Trinajstić information content (AvgIpc) is 1.78. The molecule has 0 unspecified atom stereocenters. The number of rotatable bonds is 2. The van der Waals surface area contributed by atoms with E-state index in [4.69, 9.17) is 0 Å². The lowest BCUT2D eigenvalue weighted by molar-refractivity contribution is 0.368. The molecule has 0 aliphatic carbocycles. The van der Waals surface area contributed by atoms with E-state index in [0.29, 0.717) is 5.41 Å². The van der Waals surface area contributed by atoms with Gasteiger partial charge in [0.15, 0.2) is 0 Å². The van der Waals surface area contributed by atoms with Gasteiger partial charge in [0.05, 0.1) is 0 Å². The zero-order valence-corrected chi connectivity index (χ0v) is 8.12. The summed E-state index contributed by atoms with van der Waals surface area (Å²) >= 11 is 0. The lowest BCUT2D eigenvalue weighted by Crippen LogP contribution is -2.03. The molecule has 3 radical (unpaired) electrons. The van der Waals surface area contributed by atoms with Gasteiger partial charge in [-0.25, -0.2) is 0 Å². The molecule has 0 atom stereocenters. The quantitative estimate of drug-likeness (QED) is 0.323. The summed E-state index contributed by atoms with van der Waals surface area (Å²) < 4.78 is 0. The Morgan fingerprint density at radius 1 is 1.30 bits per heavy atom. The first-order valence-corrected chi connectivity index (χ1v) is 4.21. The Hall–Kier alpha value is -0.223. The smallest absolute Gasteiger partial charge is 0.138 e. The van der Waals surface area contributed by atoms with Gasteiger partial charge in [-0.05, 0) is 18.3 Å². The van der Waals surface area contributed by atoms with Crippen molar-refractivity contribution in [3.05, 3.63) is 0 Å². The maximum absolute atomic E-state index is 3.11. The van der Waals surface area contributed by atoms with E-state index in [0.717, 1.165) is 6.42 Å². The summed E-state index contributed by atoms with van der Waals surface area (Å²) in [5.74, 6) is 2.98. The fraction of sp³-hybridized carbons (Fsp3) is 0.778. The standard InChI is InChI=1S/C9H15Si/c1-9(2,3)7-5-4-6-8-10/h4-5,7H2,1-3H3. The van der Waals surface area contributed by atoms with Gasteiger partial charge in [-0.1, -0.05) is 20.8 Å². The molecule has 1 heteroatoms. The van der Waals surface area contributed by atoms with E-state index in [2.05, 4.69) is 42.5 Å². The van der Waals surface area contributed by atoms with Crippen LogP contribution in [0.2, 0.25) is 0 Å². The molecule has 0 spiro atoms. The third-order valence-electron chi connectivity index (χ3n) is 1.32. The third-order valence-corrected chi connectivity index (χ3v) is 1.49. The fourth-order valence-corrected chi connectivity index (χ4v) is 0.895. The van der Waals surface area contributed by atoms with Crippen LogP contribution in [-0.2, 0) is 0 Å². The van der Waals surface area contributed by atoms with E-state index in [-0.39, 0.29) is 0 Å². The fourth-order valence-electron chi connectivity index (χ4n) is 0.770. The van der Waals surface area contributed by atoms with Gasteiger partial charge < -0.3 is 0 Å². The number of unbranched alkanes of at least 4 members (excludes halogenated alkanes) is 1. The molecule has 0 rings (SSSR count). The minimum absolute atomic E-state index is 0.466. The van der Waals surface area contributed by atoms with Crippen LogP contribution in [-0.4, -0.2) is 10.2 Å². The Balaban J connectivity index is 3.26. The van der Waals surface area contributed by atoms with E-state index in [1.807, 2.05) is 0 Å². The molecule has 0 aliphatic heterocycles. The van der Waals surface area contributed by atoms with Crippen molar-refractivity contribution in [2.45, 2.75) is 40.0 Å². The van der Waals surface area contributed by atoms with E-state index < -0.39 is 0 Å². The van der Waals surface area contributed by atoms with Crippen LogP contribution in [0.4, 0.5) is 0 Å². The predicted octanol–water partition coefficient (Wildman–Crippen LogP) is 2.33. The second-order valence-corrected chi connectivity index (χ2v) is 3.97. The first-order chi connectivity index (χ1) is 4.56. The molecule has 0 aromatic carbocycles. The second kappa shape index (κ2) is 4.57. The van der Waals surface area contributed by atoms with E-state index in [1.54, 1.807) is 0 Å². The maximum atomic E-state index is 3.11. The summed E-state index contributed by atoms with van der Waals surface area (Å²) in [6.07, 6.45) is 3.48. The van der Waals surface area contributed by atoms with Gasteiger partial charge in [-0.2, -0.15) is 0 Å². The van der Waals surface area contributed by atoms with Crippen molar-refractivity contribution < 1.29 is 0 Å². The van der Waals surface area contributed by atoms with Crippen LogP contribution < -0.4 is 0 Å². The van der Waals surface area contributed by atoms with Crippen molar-refractivity contribution in [3.8, 4) is 11.5 Å². The van der Waals surface area contributed by atoms with E-state index in [9.17, 15) is 0 Å². The molecule has 0 N–H and O–H groups in total. The predicted molar refractivity (Wildman–Crippen MR) is 46.8 cm³/mol. The molecular formula is C9H15Si. The van der Waals surface area contributed by atoms with Crippen LogP contribution >= 0.6 is 0 Å². The van der Waals surface area contributed by atoms with Crippen molar-refractivity contribution in [1.82, 2.24) is 0 Å². The second-order valence-electron chi connectivity index (χ2n) is 3.72. The van der Waals surface area contributed by atoms with Crippen molar-refractivity contribution >= 4 is 10.2 Å². The molecule has 0 amide bonds. The van der Waals surface area contributed by atoms with Crippen LogP contribution in [0.1, 0.15) is 40.0 Å². The lowest BCUT2D eigenvalue weighted by atomic mass is 9.90. The molecule has 55 valence electrons. The Morgan fingerprint density at radius 3 is 2.30 bits per heavy atom. The highest BCUT2D eigenvalue weighted by atomic mass is 28.1. The highest BCUT2D eigenvalue weighted by Gasteiger charge is 2.07. The Bertz CT molecular complexity index is 131. The molecule has 0 nitrogen and oxygen atoms in total. The summed E-state index contributed by atoms with van der Waals surface area (Å²) in [5.41, 5.74) is 3.18. The van der Waals surface area contributed by atoms with Gasteiger partial charge in [-0.3, -0.25) is 0 Å². The molecule has 0 aromatic rings. The molecule has 10 heavy (non-hydrogen) atoms. The van der Waals surface area contributed by atoms with Crippen molar-refractivity contribution in [3.63, 3.8) is 0 Å². The molecule has 0 aliphatic rings. The van der Waals surface area contributed by atoms with Gasteiger partial charge in [0.2, 0.25) is 0 Å². The highest BCUT2D eigenvalue weighted by molar-refractivity contribution is 6.22. The molecular weight excluding hydrogens is 136 g/mol. The molecule has 0 saturated heterocycles. The Kier molecular flexibility index (Phi) is 4.47. The third kappa shape index (κ3) is 7.78. The van der Waals surface area contributed by atoms with Crippen molar-refractivity contribution in [2.24, 2.45) is 5.41 Å². The lowest BCUT2D eigenvalue weighted by Gasteiger charge is -2.16. The summed E-state index contributed by atoms with van der Waals surface area (Å²) in [5, 5.41) is 0. The zero-order chi connectivity index (χ0) is 8.04. The normalized spacial score (nSPS) is 10.4. The topological polar surface area (TPSA) is 0 Å². The van der Waals surface area contributed by atoms with Gasteiger partial charge in [-0.15, -0.1) is 11.5 Å². The van der Waals surface area contributed by atoms with Gasteiger partial charge in [0, 0.05) is 6.42 Å². The molecule has 0 saturated carbocycles. The van der Waals surface area contributed by atoms with Gasteiger partial charge in [0.1, 0.15) is 10.2 Å². The average molecular weight is 151 g/mol. The van der Waals surface area contributed by atoms with Crippen molar-refractivity contribution in [2.75, 3.05) is 0 Å². The van der Waals surface area contributed by atoms with E-state index in [1.165, 1.54) is 12.8 Å². The summed E-state index contributed by atoms with van der Waals surface area (Å²) in [6.45, 7) is 6.77. The van der Waals surface area contributed by atoms with Crippen LogP contribution in [0.25, 0.3) is 0 Å². The number of hydrogen-bond acceptors (Lipinski definition) is 0. The Labute approximate surface area is 67.8 Å². The largest absolute Gasteiger partial charge is 0.147 e. The van der Waals surface area contributed by atoms with Crippen molar-refractivity contribution in [1.29, 1.82) is 0 Å². The molecule has 0 aromatic heterocycles. The SMILES string of the molecule is CC(C)(C)CCCC#C[Si]. The van der Waals surface area contributed by atoms with Gasteiger partial charge >= 0.3 is 0 Å². The van der Waals surface area contributed by atoms with Crippen LogP contribution in [0.5, 0.6) is 0 Å². The van der Waals surface area contributed by atoms with Crippen LogP contribution in [0, 0.1) is 16.9 Å². The number of hydrogen-bond donors (Lipinski definition) is 0. The summed E-state index contributed by atoms with van der Waals surface area (Å²) in [7, 11) is 3.11. The summed E-state index contributed by atoms with van der Waals surface area (Å²) in [6, 6.07) is 0. The zero-order valence-electron chi connectivity index (χ0n) is 7.12. The minimum atomic E-state index is 0.466. The highest BCUT2D eigenvalue weighted by Crippen LogP contribution is 2.20. The summed E-state index contributed by atoms with van der Waals surface area (Å²) in [4.78, 5) is 0. The first kappa shape index (κ1) is 9.78. The Morgan fingerprint density at radius 2 is 1.90 bits per heavy atom. The maximum Gasteiger partial charge on any atom is 0.147 e. The molecule has 0 fully saturated rings. The monoisotopic (exact) mass is 151 g/mol. The van der Waals surface area contributed by atoms with Crippen LogP contribution in [0.3, 0.4) is 0 Å². The minimum Gasteiger partial charge on any atom is -0.138 e. The van der Waals surface area contributed by atoms with Gasteiger partial charge in [0.25, 0.3) is 0 Å². The van der Waals surface area contributed by atoms with Crippen LogP contribution in [0.15, 0.2) is 0 Å². The molecule has 0 bridgehead atoms. The first-order valence-electron chi connectivity index (χ1n) is 3.71. The molecule has 0 heterocycles. The van der Waals surface area contributed by atoms with E-state index >= 15 is 0 Å².